The molecule has 1 atom stereocenters. The van der Waals surface area contributed by atoms with Crippen LogP contribution < -0.4 is 5.32 Å². The van der Waals surface area contributed by atoms with Crippen molar-refractivity contribution in [3.63, 3.8) is 0 Å². The van der Waals surface area contributed by atoms with E-state index in [1.165, 1.54) is 0 Å². The minimum atomic E-state index is -0.805. The van der Waals surface area contributed by atoms with Gasteiger partial charge < -0.3 is 15.2 Å². The number of carboxylic acid groups (broad SMARTS) is 1. The van der Waals surface area contributed by atoms with Crippen molar-refractivity contribution in [1.82, 2.24) is 10.2 Å². The standard InChI is InChI=1S/C13H26N2O4/c1-10(2)15(8-5-6-12(16)17)11(3)13(18)14-7-9-19-4/h10-11H,5-9H2,1-4H3,(H,14,18)(H,16,17). The topological polar surface area (TPSA) is 78.9 Å². The van der Waals surface area contributed by atoms with Gasteiger partial charge in [0.1, 0.15) is 0 Å². The number of methoxy groups -OCH3 is 1. The molecular formula is C13H26N2O4. The van der Waals surface area contributed by atoms with E-state index in [4.69, 9.17) is 9.84 Å². The highest BCUT2D eigenvalue weighted by molar-refractivity contribution is 5.81. The third-order valence-electron chi connectivity index (χ3n) is 2.95. The number of rotatable bonds is 10. The smallest absolute Gasteiger partial charge is 0.303 e. The van der Waals surface area contributed by atoms with Gasteiger partial charge in [0.15, 0.2) is 0 Å². The summed E-state index contributed by atoms with van der Waals surface area (Å²) >= 11 is 0. The molecule has 0 fully saturated rings. The molecule has 0 aliphatic carbocycles. The summed E-state index contributed by atoms with van der Waals surface area (Å²) in [6.45, 7) is 7.41. The van der Waals surface area contributed by atoms with Crippen molar-refractivity contribution < 1.29 is 19.4 Å². The predicted molar refractivity (Wildman–Crippen MR) is 73.1 cm³/mol. The highest BCUT2D eigenvalue weighted by Crippen LogP contribution is 2.08. The fourth-order valence-corrected chi connectivity index (χ4v) is 1.89. The van der Waals surface area contributed by atoms with Crippen LogP contribution in [0.2, 0.25) is 0 Å². The first-order valence-corrected chi connectivity index (χ1v) is 6.64. The molecule has 19 heavy (non-hydrogen) atoms. The molecule has 0 aromatic rings. The summed E-state index contributed by atoms with van der Waals surface area (Å²) in [5.74, 6) is -0.859. The van der Waals surface area contributed by atoms with Gasteiger partial charge >= 0.3 is 5.97 Å². The Bertz CT molecular complexity index is 282. The number of nitrogens with one attached hydrogen (secondary N) is 1. The molecule has 6 nitrogen and oxygen atoms in total. The molecule has 0 saturated heterocycles. The third-order valence-corrected chi connectivity index (χ3v) is 2.95. The van der Waals surface area contributed by atoms with Gasteiger partial charge in [0.2, 0.25) is 5.91 Å². The van der Waals surface area contributed by atoms with Crippen molar-refractivity contribution in [3.05, 3.63) is 0 Å². The van der Waals surface area contributed by atoms with Crippen LogP contribution in [0.1, 0.15) is 33.6 Å². The lowest BCUT2D eigenvalue weighted by atomic mass is 10.1. The molecule has 0 aliphatic heterocycles. The molecule has 0 aliphatic rings. The van der Waals surface area contributed by atoms with E-state index in [0.29, 0.717) is 26.1 Å². The largest absolute Gasteiger partial charge is 0.481 e. The average Bonchev–Trinajstić information content (AvgIpc) is 2.33. The number of carbonyl (C=O) groups excluding carboxylic acids is 1. The predicted octanol–water partition coefficient (Wildman–Crippen LogP) is 0.713. The van der Waals surface area contributed by atoms with Crippen LogP contribution in [0.25, 0.3) is 0 Å². The molecule has 0 spiro atoms. The van der Waals surface area contributed by atoms with Crippen LogP contribution in [-0.2, 0) is 14.3 Å². The molecule has 0 bridgehead atoms. The van der Waals surface area contributed by atoms with Crippen LogP contribution >= 0.6 is 0 Å². The molecule has 2 N–H and O–H groups in total. The molecule has 112 valence electrons. The lowest BCUT2D eigenvalue weighted by Crippen LogP contribution is -2.49. The second kappa shape index (κ2) is 9.75. The zero-order valence-electron chi connectivity index (χ0n) is 12.3. The lowest BCUT2D eigenvalue weighted by molar-refractivity contribution is -0.137. The van der Waals surface area contributed by atoms with Crippen LogP contribution in [0.5, 0.6) is 0 Å². The first-order chi connectivity index (χ1) is 8.90. The SMILES string of the molecule is COCCNC(=O)C(C)N(CCCC(=O)O)C(C)C. The molecule has 0 aromatic carbocycles. The first-order valence-electron chi connectivity index (χ1n) is 6.64. The summed E-state index contributed by atoms with van der Waals surface area (Å²) in [4.78, 5) is 24.5. The monoisotopic (exact) mass is 274 g/mol. The van der Waals surface area contributed by atoms with Crippen LogP contribution in [0.3, 0.4) is 0 Å². The number of carboxylic acids is 1. The highest BCUT2D eigenvalue weighted by Gasteiger charge is 2.23. The van der Waals surface area contributed by atoms with E-state index in [1.807, 2.05) is 25.7 Å². The van der Waals surface area contributed by atoms with Gasteiger partial charge in [-0.25, -0.2) is 0 Å². The van der Waals surface area contributed by atoms with Crippen LogP contribution in [0, 0.1) is 0 Å². The van der Waals surface area contributed by atoms with E-state index in [-0.39, 0.29) is 24.4 Å². The summed E-state index contributed by atoms with van der Waals surface area (Å²) in [6, 6.07) is -0.0809. The maximum atomic E-state index is 11.9. The summed E-state index contributed by atoms with van der Waals surface area (Å²) in [5.41, 5.74) is 0. The van der Waals surface area contributed by atoms with E-state index < -0.39 is 5.97 Å². The zero-order valence-corrected chi connectivity index (χ0v) is 12.3. The number of ether oxygens (including phenoxy) is 1. The molecule has 1 unspecified atom stereocenters. The number of carbonyl (C=O) groups is 2. The summed E-state index contributed by atoms with van der Waals surface area (Å²) in [5, 5.41) is 11.4. The number of aliphatic carboxylic acids is 1. The van der Waals surface area contributed by atoms with Gasteiger partial charge in [0.05, 0.1) is 12.6 Å². The van der Waals surface area contributed by atoms with Gasteiger partial charge in [-0.15, -0.1) is 0 Å². The Morgan fingerprint density at radius 2 is 1.95 bits per heavy atom. The molecular weight excluding hydrogens is 248 g/mol. The van der Waals surface area contributed by atoms with E-state index >= 15 is 0 Å². The van der Waals surface area contributed by atoms with Crippen LogP contribution in [0.15, 0.2) is 0 Å². The normalized spacial score (nSPS) is 12.7. The number of amides is 1. The van der Waals surface area contributed by atoms with Crippen molar-refractivity contribution in [2.45, 2.75) is 45.7 Å². The Morgan fingerprint density at radius 1 is 1.32 bits per heavy atom. The minimum Gasteiger partial charge on any atom is -0.481 e. The average molecular weight is 274 g/mol. The fraction of sp³-hybridized carbons (Fsp3) is 0.846. The third kappa shape index (κ3) is 7.79. The van der Waals surface area contributed by atoms with Gasteiger partial charge in [0, 0.05) is 26.1 Å². The maximum absolute atomic E-state index is 11.9. The van der Waals surface area contributed by atoms with Crippen LogP contribution in [0.4, 0.5) is 0 Å². The molecule has 0 rings (SSSR count). The number of hydrogen-bond donors (Lipinski definition) is 2. The molecule has 1 amide bonds. The highest BCUT2D eigenvalue weighted by atomic mass is 16.5. The van der Waals surface area contributed by atoms with Gasteiger partial charge in [0.25, 0.3) is 0 Å². The van der Waals surface area contributed by atoms with Crippen molar-refractivity contribution in [1.29, 1.82) is 0 Å². The number of hydrogen-bond acceptors (Lipinski definition) is 4. The van der Waals surface area contributed by atoms with Gasteiger partial charge in [-0.3, -0.25) is 14.5 Å². The Morgan fingerprint density at radius 3 is 2.42 bits per heavy atom. The first kappa shape index (κ1) is 17.9. The summed E-state index contributed by atoms with van der Waals surface area (Å²) in [7, 11) is 1.59. The molecule has 6 heteroatoms. The quantitative estimate of drug-likeness (QED) is 0.574. The van der Waals surface area contributed by atoms with Crippen molar-refractivity contribution in [2.75, 3.05) is 26.8 Å². The van der Waals surface area contributed by atoms with E-state index in [0.717, 1.165) is 0 Å². The maximum Gasteiger partial charge on any atom is 0.303 e. The van der Waals surface area contributed by atoms with Gasteiger partial charge in [-0.05, 0) is 33.7 Å². The summed E-state index contributed by atoms with van der Waals surface area (Å²) in [6.07, 6.45) is 0.671. The molecule has 0 aromatic heterocycles. The molecule has 0 radical (unpaired) electrons. The summed E-state index contributed by atoms with van der Waals surface area (Å²) < 4.78 is 4.88. The van der Waals surface area contributed by atoms with Crippen molar-refractivity contribution >= 4 is 11.9 Å². The fourth-order valence-electron chi connectivity index (χ4n) is 1.89. The van der Waals surface area contributed by atoms with Crippen LogP contribution in [-0.4, -0.2) is 60.8 Å². The van der Waals surface area contributed by atoms with E-state index in [9.17, 15) is 9.59 Å². The lowest BCUT2D eigenvalue weighted by Gasteiger charge is -2.31. The Hall–Kier alpha value is -1.14. The second-order valence-electron chi connectivity index (χ2n) is 4.79. The van der Waals surface area contributed by atoms with E-state index in [1.54, 1.807) is 7.11 Å². The van der Waals surface area contributed by atoms with E-state index in [2.05, 4.69) is 5.32 Å². The second-order valence-corrected chi connectivity index (χ2v) is 4.79. The molecule has 0 heterocycles. The van der Waals surface area contributed by atoms with Crippen molar-refractivity contribution in [2.24, 2.45) is 0 Å². The molecule has 0 saturated carbocycles. The minimum absolute atomic E-state index is 0.0546. The van der Waals surface area contributed by atoms with Gasteiger partial charge in [-0.2, -0.15) is 0 Å². The van der Waals surface area contributed by atoms with Crippen molar-refractivity contribution in [3.8, 4) is 0 Å². The Labute approximate surface area is 115 Å². The zero-order chi connectivity index (χ0) is 14.8. The Balaban J connectivity index is 4.27. The number of nitrogens with zero attached hydrogens (tertiary/aromatic N) is 1. The Kier molecular flexibility index (Phi) is 9.16. The van der Waals surface area contributed by atoms with Gasteiger partial charge in [-0.1, -0.05) is 0 Å².